The Kier molecular flexibility index (Phi) is 6.54. The molecule has 4 nitrogen and oxygen atoms in total. The molecule has 2 atom stereocenters. The van der Waals surface area contributed by atoms with E-state index < -0.39 is 0 Å². The number of ether oxygens (including phenoxy) is 2. The Morgan fingerprint density at radius 1 is 1.54 bits per heavy atom. The number of methoxy groups -OCH3 is 1. The molecule has 2 N–H and O–H groups in total. The maximum absolute atomic E-state index is 11.0. The summed E-state index contributed by atoms with van der Waals surface area (Å²) < 4.78 is 9.72. The highest BCUT2D eigenvalue weighted by molar-refractivity contribution is 5.70. The first kappa shape index (κ1) is 12.4. The summed E-state index contributed by atoms with van der Waals surface area (Å²) in [5.74, 6) is -0.0626. The van der Waals surface area contributed by atoms with Crippen LogP contribution in [0, 0.1) is 5.92 Å². The predicted octanol–water partition coefficient (Wildman–Crippen LogP) is 0.549. The summed E-state index contributed by atoms with van der Waals surface area (Å²) >= 11 is 0. The second-order valence-corrected chi connectivity index (χ2v) is 3.11. The average molecular weight is 189 g/mol. The zero-order valence-electron chi connectivity index (χ0n) is 8.58. The fourth-order valence-electron chi connectivity index (χ4n) is 1.00. The van der Waals surface area contributed by atoms with Crippen LogP contribution in [0.1, 0.15) is 20.3 Å². The molecule has 13 heavy (non-hydrogen) atoms. The minimum absolute atomic E-state index is 0.175. The highest BCUT2D eigenvalue weighted by Gasteiger charge is 2.16. The standard InChI is InChI=1S/C9H19NO3/c1-4-13-9(11)5-8(10)7(2)6-12-3/h7-8H,4-6,10H2,1-3H3/t7?,8-/m1/s1. The van der Waals surface area contributed by atoms with Crippen LogP contribution in [0.4, 0.5) is 0 Å². The lowest BCUT2D eigenvalue weighted by Gasteiger charge is -2.17. The monoisotopic (exact) mass is 189 g/mol. The molecule has 0 aliphatic heterocycles. The molecule has 1 unspecified atom stereocenters. The summed E-state index contributed by atoms with van der Waals surface area (Å²) in [5.41, 5.74) is 5.75. The van der Waals surface area contributed by atoms with Crippen LogP contribution in [0.15, 0.2) is 0 Å². The lowest BCUT2D eigenvalue weighted by molar-refractivity contribution is -0.143. The summed E-state index contributed by atoms with van der Waals surface area (Å²) in [5, 5.41) is 0. The minimum atomic E-state index is -0.238. The second-order valence-electron chi connectivity index (χ2n) is 3.11. The zero-order valence-corrected chi connectivity index (χ0v) is 8.58. The molecule has 0 bridgehead atoms. The van der Waals surface area contributed by atoms with Gasteiger partial charge in [-0.2, -0.15) is 0 Å². The predicted molar refractivity (Wildman–Crippen MR) is 50.3 cm³/mol. The van der Waals surface area contributed by atoms with Crippen molar-refractivity contribution in [2.75, 3.05) is 20.3 Å². The molecular formula is C9H19NO3. The van der Waals surface area contributed by atoms with Gasteiger partial charge in [-0.15, -0.1) is 0 Å². The summed E-state index contributed by atoms with van der Waals surface area (Å²) in [4.78, 5) is 11.0. The van der Waals surface area contributed by atoms with Crippen LogP contribution in [0.25, 0.3) is 0 Å². The van der Waals surface area contributed by atoms with E-state index >= 15 is 0 Å². The third-order valence-electron chi connectivity index (χ3n) is 1.87. The van der Waals surface area contributed by atoms with Gasteiger partial charge in [0.2, 0.25) is 0 Å². The third kappa shape index (κ3) is 5.60. The van der Waals surface area contributed by atoms with Gasteiger partial charge < -0.3 is 15.2 Å². The third-order valence-corrected chi connectivity index (χ3v) is 1.87. The van der Waals surface area contributed by atoms with E-state index in [4.69, 9.17) is 15.2 Å². The fourth-order valence-corrected chi connectivity index (χ4v) is 1.00. The Labute approximate surface area is 79.4 Å². The molecule has 0 radical (unpaired) electrons. The number of nitrogens with two attached hydrogens (primary N) is 1. The van der Waals surface area contributed by atoms with Crippen molar-refractivity contribution in [1.82, 2.24) is 0 Å². The van der Waals surface area contributed by atoms with Gasteiger partial charge in [-0.05, 0) is 12.8 Å². The Morgan fingerprint density at radius 2 is 2.15 bits per heavy atom. The molecule has 0 aliphatic carbocycles. The smallest absolute Gasteiger partial charge is 0.307 e. The van der Waals surface area contributed by atoms with E-state index in [9.17, 15) is 4.79 Å². The normalized spacial score (nSPS) is 15.1. The number of hydrogen-bond donors (Lipinski definition) is 1. The average Bonchev–Trinajstić information content (AvgIpc) is 2.05. The molecule has 0 spiro atoms. The van der Waals surface area contributed by atoms with Crippen molar-refractivity contribution >= 4 is 5.97 Å². The second kappa shape index (κ2) is 6.86. The molecule has 0 saturated carbocycles. The van der Waals surface area contributed by atoms with Crippen LogP contribution in [0.2, 0.25) is 0 Å². The number of rotatable bonds is 6. The Hall–Kier alpha value is -0.610. The van der Waals surface area contributed by atoms with Gasteiger partial charge in [0, 0.05) is 13.2 Å². The van der Waals surface area contributed by atoms with Crippen molar-refractivity contribution in [1.29, 1.82) is 0 Å². The molecule has 0 aromatic heterocycles. The van der Waals surface area contributed by atoms with Crippen LogP contribution in [-0.2, 0) is 14.3 Å². The van der Waals surface area contributed by atoms with E-state index in [0.717, 1.165) is 0 Å². The van der Waals surface area contributed by atoms with Crippen molar-refractivity contribution in [3.63, 3.8) is 0 Å². The van der Waals surface area contributed by atoms with E-state index in [0.29, 0.717) is 13.2 Å². The van der Waals surface area contributed by atoms with Crippen molar-refractivity contribution < 1.29 is 14.3 Å². The summed E-state index contributed by atoms with van der Waals surface area (Å²) in [6.07, 6.45) is 0.262. The molecule has 4 heteroatoms. The van der Waals surface area contributed by atoms with Crippen molar-refractivity contribution in [2.45, 2.75) is 26.3 Å². The van der Waals surface area contributed by atoms with E-state index in [1.54, 1.807) is 14.0 Å². The van der Waals surface area contributed by atoms with Gasteiger partial charge in [0.1, 0.15) is 0 Å². The van der Waals surface area contributed by atoms with Crippen molar-refractivity contribution in [2.24, 2.45) is 11.7 Å². The lowest BCUT2D eigenvalue weighted by Crippen LogP contribution is -2.33. The van der Waals surface area contributed by atoms with Gasteiger partial charge in [-0.3, -0.25) is 4.79 Å². The van der Waals surface area contributed by atoms with Gasteiger partial charge in [-0.1, -0.05) is 6.92 Å². The van der Waals surface area contributed by atoms with Gasteiger partial charge >= 0.3 is 5.97 Å². The molecule has 78 valence electrons. The largest absolute Gasteiger partial charge is 0.466 e. The lowest BCUT2D eigenvalue weighted by atomic mass is 10.0. The molecule has 0 aromatic rings. The summed E-state index contributed by atoms with van der Waals surface area (Å²) in [6, 6.07) is -0.181. The maximum Gasteiger partial charge on any atom is 0.307 e. The Balaban J connectivity index is 3.71. The molecule has 0 aromatic carbocycles. The number of hydrogen-bond acceptors (Lipinski definition) is 4. The number of esters is 1. The maximum atomic E-state index is 11.0. The van der Waals surface area contributed by atoms with Crippen LogP contribution in [-0.4, -0.2) is 32.3 Å². The SMILES string of the molecule is CCOC(=O)C[C@@H](N)C(C)COC. The topological polar surface area (TPSA) is 61.5 Å². The first-order valence-corrected chi connectivity index (χ1v) is 4.52. The first-order chi connectivity index (χ1) is 6.11. The van der Waals surface area contributed by atoms with Crippen LogP contribution in [0.5, 0.6) is 0 Å². The van der Waals surface area contributed by atoms with Gasteiger partial charge in [0.15, 0.2) is 0 Å². The number of carbonyl (C=O) groups is 1. The van der Waals surface area contributed by atoms with Gasteiger partial charge in [-0.25, -0.2) is 0 Å². The highest BCUT2D eigenvalue weighted by Crippen LogP contribution is 2.05. The molecule has 0 fully saturated rings. The Bertz CT molecular complexity index is 150. The van der Waals surface area contributed by atoms with E-state index in [1.807, 2.05) is 6.92 Å². The van der Waals surface area contributed by atoms with E-state index in [-0.39, 0.29) is 24.3 Å². The van der Waals surface area contributed by atoms with Crippen molar-refractivity contribution in [3.05, 3.63) is 0 Å². The van der Waals surface area contributed by atoms with Crippen LogP contribution >= 0.6 is 0 Å². The van der Waals surface area contributed by atoms with Crippen molar-refractivity contribution in [3.8, 4) is 0 Å². The van der Waals surface area contributed by atoms with Gasteiger partial charge in [0.05, 0.1) is 19.6 Å². The molecule has 0 rings (SSSR count). The van der Waals surface area contributed by atoms with E-state index in [2.05, 4.69) is 0 Å². The molecule has 0 heterocycles. The van der Waals surface area contributed by atoms with E-state index in [1.165, 1.54) is 0 Å². The molecular weight excluding hydrogens is 170 g/mol. The first-order valence-electron chi connectivity index (χ1n) is 4.52. The molecule has 0 saturated heterocycles. The molecule has 0 amide bonds. The fraction of sp³-hybridized carbons (Fsp3) is 0.889. The number of carbonyl (C=O) groups excluding carboxylic acids is 1. The van der Waals surface area contributed by atoms with Crippen LogP contribution < -0.4 is 5.73 Å². The molecule has 0 aliphatic rings. The summed E-state index contributed by atoms with van der Waals surface area (Å²) in [7, 11) is 1.62. The van der Waals surface area contributed by atoms with Crippen LogP contribution in [0.3, 0.4) is 0 Å². The van der Waals surface area contributed by atoms with Gasteiger partial charge in [0.25, 0.3) is 0 Å². The minimum Gasteiger partial charge on any atom is -0.466 e. The highest BCUT2D eigenvalue weighted by atomic mass is 16.5. The zero-order chi connectivity index (χ0) is 10.3. The Morgan fingerprint density at radius 3 is 2.62 bits per heavy atom. The quantitative estimate of drug-likeness (QED) is 0.620. The summed E-state index contributed by atoms with van der Waals surface area (Å²) in [6.45, 7) is 4.71.